The van der Waals surface area contributed by atoms with E-state index in [4.69, 9.17) is 9.47 Å². The number of hydrogen-bond donors (Lipinski definition) is 2. The lowest BCUT2D eigenvalue weighted by Gasteiger charge is -2.13. The second kappa shape index (κ2) is 11.7. The number of ether oxygens (including phenoxy) is 2. The number of rotatable bonds is 9. The fraction of sp³-hybridized carbons (Fsp3) is 0.391. The summed E-state index contributed by atoms with van der Waals surface area (Å²) in [6, 6.07) is 13.4. The number of guanidine groups is 1. The van der Waals surface area contributed by atoms with Gasteiger partial charge in [0.25, 0.3) is 5.91 Å². The predicted molar refractivity (Wildman–Crippen MR) is 120 cm³/mol. The van der Waals surface area contributed by atoms with Crippen LogP contribution in [0.3, 0.4) is 0 Å². The Balaban J connectivity index is 2.01. The van der Waals surface area contributed by atoms with Gasteiger partial charge in [-0.05, 0) is 49.2 Å². The molecule has 0 saturated heterocycles. The number of nitrogens with one attached hydrogen (secondary N) is 2. The standard InChI is InChI=1S/C23H32N4O3/c1-6-24-23(25-15-17-8-11-19(12-9-17)22(28)27(3)4)26-16-18-10-13-20(30-7-2)21(14-18)29-5/h8-14H,6-7,15-16H2,1-5H3,(H2,24,25,26). The van der Waals surface area contributed by atoms with Crippen LogP contribution in [0.25, 0.3) is 0 Å². The van der Waals surface area contributed by atoms with Crippen molar-refractivity contribution in [3.8, 4) is 11.5 Å². The molecule has 162 valence electrons. The normalized spacial score (nSPS) is 11.0. The highest BCUT2D eigenvalue weighted by Crippen LogP contribution is 2.28. The molecule has 0 saturated carbocycles. The molecule has 0 aromatic heterocycles. The molecular weight excluding hydrogens is 380 g/mol. The van der Waals surface area contributed by atoms with E-state index >= 15 is 0 Å². The van der Waals surface area contributed by atoms with E-state index in [1.807, 2.05) is 56.3 Å². The van der Waals surface area contributed by atoms with Crippen LogP contribution in [0.1, 0.15) is 35.3 Å². The number of aliphatic imine (C=N–C) groups is 1. The van der Waals surface area contributed by atoms with Crippen molar-refractivity contribution >= 4 is 11.9 Å². The summed E-state index contributed by atoms with van der Waals surface area (Å²) >= 11 is 0. The predicted octanol–water partition coefficient (Wildman–Crippen LogP) is 3.05. The molecule has 2 aromatic rings. The molecule has 0 fully saturated rings. The molecule has 2 aromatic carbocycles. The van der Waals surface area contributed by atoms with Crippen LogP contribution in [0.2, 0.25) is 0 Å². The van der Waals surface area contributed by atoms with E-state index in [1.54, 1.807) is 26.1 Å². The Kier molecular flexibility index (Phi) is 9.00. The van der Waals surface area contributed by atoms with E-state index < -0.39 is 0 Å². The Hall–Kier alpha value is -3.22. The quantitative estimate of drug-likeness (QED) is 0.489. The molecule has 0 aliphatic carbocycles. The average Bonchev–Trinajstić information content (AvgIpc) is 2.76. The second-order valence-electron chi connectivity index (χ2n) is 6.86. The van der Waals surface area contributed by atoms with Crippen molar-refractivity contribution in [3.63, 3.8) is 0 Å². The maximum absolute atomic E-state index is 12.0. The first-order valence-electron chi connectivity index (χ1n) is 10.1. The summed E-state index contributed by atoms with van der Waals surface area (Å²) in [6.07, 6.45) is 0. The van der Waals surface area contributed by atoms with Gasteiger partial charge in [-0.15, -0.1) is 0 Å². The van der Waals surface area contributed by atoms with Crippen molar-refractivity contribution in [2.75, 3.05) is 34.4 Å². The Bertz CT molecular complexity index is 848. The molecule has 1 amide bonds. The summed E-state index contributed by atoms with van der Waals surface area (Å²) < 4.78 is 11.0. The van der Waals surface area contributed by atoms with E-state index in [0.717, 1.165) is 29.4 Å². The molecule has 30 heavy (non-hydrogen) atoms. The van der Waals surface area contributed by atoms with Crippen LogP contribution in [-0.2, 0) is 13.1 Å². The molecular formula is C23H32N4O3. The third-order valence-electron chi connectivity index (χ3n) is 4.36. The molecule has 7 nitrogen and oxygen atoms in total. The highest BCUT2D eigenvalue weighted by molar-refractivity contribution is 5.93. The van der Waals surface area contributed by atoms with E-state index in [0.29, 0.717) is 31.0 Å². The van der Waals surface area contributed by atoms with Gasteiger partial charge in [0.05, 0.1) is 20.3 Å². The molecule has 0 aliphatic heterocycles. The number of carbonyl (C=O) groups excluding carboxylic acids is 1. The highest BCUT2D eigenvalue weighted by atomic mass is 16.5. The van der Waals surface area contributed by atoms with Crippen LogP contribution >= 0.6 is 0 Å². The van der Waals surface area contributed by atoms with Gasteiger partial charge in [-0.2, -0.15) is 0 Å². The fourth-order valence-corrected chi connectivity index (χ4v) is 2.81. The minimum atomic E-state index is -0.00445. The van der Waals surface area contributed by atoms with Crippen LogP contribution in [0, 0.1) is 0 Å². The Morgan fingerprint density at radius 2 is 1.70 bits per heavy atom. The van der Waals surface area contributed by atoms with Gasteiger partial charge < -0.3 is 25.0 Å². The number of amides is 1. The summed E-state index contributed by atoms with van der Waals surface area (Å²) in [4.78, 5) is 18.2. The van der Waals surface area contributed by atoms with Gasteiger partial charge in [-0.25, -0.2) is 4.99 Å². The van der Waals surface area contributed by atoms with Crippen LogP contribution in [0.15, 0.2) is 47.5 Å². The van der Waals surface area contributed by atoms with Crippen LogP contribution in [0.4, 0.5) is 0 Å². The van der Waals surface area contributed by atoms with Gasteiger partial charge in [0.15, 0.2) is 17.5 Å². The van der Waals surface area contributed by atoms with E-state index in [9.17, 15) is 4.79 Å². The molecule has 7 heteroatoms. The van der Waals surface area contributed by atoms with Gasteiger partial charge in [0.2, 0.25) is 0 Å². The van der Waals surface area contributed by atoms with Crippen molar-refractivity contribution in [1.29, 1.82) is 0 Å². The molecule has 0 bridgehead atoms. The van der Waals surface area contributed by atoms with Gasteiger partial charge in [0.1, 0.15) is 0 Å². The SMILES string of the molecule is CCNC(=NCc1ccc(OCC)c(OC)c1)NCc1ccc(C(=O)N(C)C)cc1. The van der Waals surface area contributed by atoms with Gasteiger partial charge in [-0.3, -0.25) is 4.79 Å². The lowest BCUT2D eigenvalue weighted by molar-refractivity contribution is 0.0827. The Morgan fingerprint density at radius 1 is 1.00 bits per heavy atom. The van der Waals surface area contributed by atoms with Gasteiger partial charge >= 0.3 is 0 Å². The van der Waals surface area contributed by atoms with Crippen molar-refractivity contribution in [1.82, 2.24) is 15.5 Å². The zero-order valence-electron chi connectivity index (χ0n) is 18.5. The molecule has 2 N–H and O–H groups in total. The van der Waals surface area contributed by atoms with Crippen molar-refractivity contribution in [2.45, 2.75) is 26.9 Å². The van der Waals surface area contributed by atoms with E-state index in [-0.39, 0.29) is 5.91 Å². The highest BCUT2D eigenvalue weighted by Gasteiger charge is 2.08. The van der Waals surface area contributed by atoms with Gasteiger partial charge in [-0.1, -0.05) is 18.2 Å². The first-order chi connectivity index (χ1) is 14.5. The smallest absolute Gasteiger partial charge is 0.253 e. The number of nitrogens with zero attached hydrogens (tertiary/aromatic N) is 2. The Labute approximate surface area is 179 Å². The van der Waals surface area contributed by atoms with Crippen molar-refractivity contribution < 1.29 is 14.3 Å². The molecule has 0 heterocycles. The number of carbonyl (C=O) groups is 1. The largest absolute Gasteiger partial charge is 0.493 e. The number of hydrogen-bond acceptors (Lipinski definition) is 4. The zero-order chi connectivity index (χ0) is 21.9. The summed E-state index contributed by atoms with van der Waals surface area (Å²) in [6.45, 7) is 6.43. The van der Waals surface area contributed by atoms with E-state index in [1.165, 1.54) is 0 Å². The Morgan fingerprint density at radius 3 is 2.30 bits per heavy atom. The topological polar surface area (TPSA) is 75.2 Å². The van der Waals surface area contributed by atoms with Crippen LogP contribution in [-0.4, -0.2) is 51.1 Å². The minimum absolute atomic E-state index is 0.00445. The lowest BCUT2D eigenvalue weighted by atomic mass is 10.1. The van der Waals surface area contributed by atoms with Crippen LogP contribution < -0.4 is 20.1 Å². The summed E-state index contributed by atoms with van der Waals surface area (Å²) in [5, 5.41) is 6.58. The number of benzene rings is 2. The van der Waals surface area contributed by atoms with Crippen molar-refractivity contribution in [3.05, 3.63) is 59.2 Å². The van der Waals surface area contributed by atoms with Crippen molar-refractivity contribution in [2.24, 2.45) is 4.99 Å². The average molecular weight is 413 g/mol. The second-order valence-corrected chi connectivity index (χ2v) is 6.86. The third kappa shape index (κ3) is 6.69. The first-order valence-corrected chi connectivity index (χ1v) is 10.1. The summed E-state index contributed by atoms with van der Waals surface area (Å²) in [7, 11) is 5.13. The molecule has 0 aliphatic rings. The molecule has 0 unspecified atom stereocenters. The zero-order valence-corrected chi connectivity index (χ0v) is 18.5. The minimum Gasteiger partial charge on any atom is -0.493 e. The lowest BCUT2D eigenvalue weighted by Crippen LogP contribution is -2.36. The summed E-state index contributed by atoms with van der Waals surface area (Å²) in [5.74, 6) is 2.15. The van der Waals surface area contributed by atoms with E-state index in [2.05, 4.69) is 15.6 Å². The fourth-order valence-electron chi connectivity index (χ4n) is 2.81. The molecule has 0 spiro atoms. The molecule has 2 rings (SSSR count). The molecule has 0 radical (unpaired) electrons. The monoisotopic (exact) mass is 412 g/mol. The number of methoxy groups -OCH3 is 1. The third-order valence-corrected chi connectivity index (χ3v) is 4.36. The maximum atomic E-state index is 12.0. The van der Waals surface area contributed by atoms with Gasteiger partial charge in [0, 0.05) is 32.7 Å². The van der Waals surface area contributed by atoms with Crippen LogP contribution in [0.5, 0.6) is 11.5 Å². The summed E-state index contributed by atoms with van der Waals surface area (Å²) in [5.41, 5.74) is 2.77. The maximum Gasteiger partial charge on any atom is 0.253 e. The first kappa shape index (κ1) is 23.1. The molecule has 0 atom stereocenters.